The van der Waals surface area contributed by atoms with Gasteiger partial charge in [-0.2, -0.15) is 13.2 Å². The summed E-state index contributed by atoms with van der Waals surface area (Å²) in [6.07, 6.45) is -1.71. The molecule has 1 spiro atoms. The number of methoxy groups -OCH3 is 1. The quantitative estimate of drug-likeness (QED) is 0.558. The summed E-state index contributed by atoms with van der Waals surface area (Å²) in [4.78, 5) is 36.4. The highest BCUT2D eigenvalue weighted by Gasteiger charge is 2.58. The average Bonchev–Trinajstić information content (AvgIpc) is 3.64. The van der Waals surface area contributed by atoms with Crippen molar-refractivity contribution in [3.05, 3.63) is 70.5 Å². The Morgan fingerprint density at radius 1 is 1.19 bits per heavy atom. The summed E-state index contributed by atoms with van der Waals surface area (Å²) < 4.78 is 44.7. The molecule has 2 heterocycles. The first-order chi connectivity index (χ1) is 17.0. The fraction of sp³-hybridized carbons (Fsp3) is 0.280. The van der Waals surface area contributed by atoms with Crippen LogP contribution in [0.2, 0.25) is 0 Å². The third kappa shape index (κ3) is 4.00. The maximum atomic E-state index is 13.5. The smallest absolute Gasteiger partial charge is 0.416 e. The number of nitrogens with zero attached hydrogens (tertiary/aromatic N) is 3. The number of nitrogens with two attached hydrogens (primary N) is 1. The van der Waals surface area contributed by atoms with Crippen molar-refractivity contribution >= 4 is 29.1 Å². The maximum absolute atomic E-state index is 13.5. The molecule has 3 N–H and O–H groups in total. The van der Waals surface area contributed by atoms with Crippen LogP contribution in [0.1, 0.15) is 45.6 Å². The van der Waals surface area contributed by atoms with Crippen molar-refractivity contribution < 1.29 is 27.5 Å². The number of nitrogens with one attached hydrogen (secondary N) is 1. The monoisotopic (exact) mass is 497 g/mol. The molecule has 36 heavy (non-hydrogen) atoms. The predicted octanol–water partition coefficient (Wildman–Crippen LogP) is 4.23. The molecule has 1 aromatic heterocycles. The number of benzene rings is 2. The van der Waals surface area contributed by atoms with Crippen LogP contribution < -0.4 is 20.7 Å². The molecule has 5 rings (SSSR count). The van der Waals surface area contributed by atoms with E-state index in [0.29, 0.717) is 29.9 Å². The highest BCUT2D eigenvalue weighted by atomic mass is 19.4. The normalized spacial score (nSPS) is 16.0. The second kappa shape index (κ2) is 8.21. The summed E-state index contributed by atoms with van der Waals surface area (Å²) in [6, 6.07) is 7.81. The molecule has 186 valence electrons. The van der Waals surface area contributed by atoms with Gasteiger partial charge in [0.1, 0.15) is 5.75 Å². The van der Waals surface area contributed by atoms with Crippen LogP contribution in [0.15, 0.2) is 42.6 Å². The van der Waals surface area contributed by atoms with Crippen LogP contribution in [-0.4, -0.2) is 28.9 Å². The molecule has 0 saturated heterocycles. The van der Waals surface area contributed by atoms with E-state index in [9.17, 15) is 22.8 Å². The molecular formula is C25H22F3N5O3. The molecule has 2 aromatic carbocycles. The Morgan fingerprint density at radius 3 is 2.61 bits per heavy atom. The van der Waals surface area contributed by atoms with Gasteiger partial charge in [0, 0.05) is 28.7 Å². The number of nitrogen functional groups attached to an aromatic ring is 1. The zero-order chi connectivity index (χ0) is 25.8. The van der Waals surface area contributed by atoms with Gasteiger partial charge in [-0.3, -0.25) is 9.59 Å². The summed E-state index contributed by atoms with van der Waals surface area (Å²) in [5, 5.41) is 2.63. The van der Waals surface area contributed by atoms with E-state index in [1.54, 1.807) is 29.3 Å². The molecule has 0 bridgehead atoms. The molecular weight excluding hydrogens is 475 g/mol. The molecule has 11 heteroatoms. The molecule has 0 radical (unpaired) electrons. The second-order valence-corrected chi connectivity index (χ2v) is 8.98. The van der Waals surface area contributed by atoms with E-state index in [-0.39, 0.29) is 29.7 Å². The number of anilines is 3. The van der Waals surface area contributed by atoms with Crippen LogP contribution in [0, 0.1) is 6.92 Å². The fourth-order valence-corrected chi connectivity index (χ4v) is 4.52. The van der Waals surface area contributed by atoms with Crippen molar-refractivity contribution in [1.29, 1.82) is 0 Å². The molecule has 8 nitrogen and oxygen atoms in total. The zero-order valence-corrected chi connectivity index (χ0v) is 19.4. The van der Waals surface area contributed by atoms with Gasteiger partial charge in [-0.1, -0.05) is 6.07 Å². The standard InChI is InChI=1S/C25H22F3N5O3/c1-13-3-4-17(31-21(34)14-7-16(25(26,27)28)9-18(8-14)36-2)10-19(13)33-12-15-11-30-23(29)32-20(15)24(5-6-24)22(33)35/h3-4,7-11H,5-6,12H2,1-2H3,(H,31,34)(H2,29,30,32). The van der Waals surface area contributed by atoms with E-state index in [2.05, 4.69) is 15.3 Å². The number of carbonyl (C=O) groups excluding carboxylic acids is 2. The number of halogens is 3. The van der Waals surface area contributed by atoms with Gasteiger partial charge < -0.3 is 20.7 Å². The van der Waals surface area contributed by atoms with Crippen LogP contribution in [0.4, 0.5) is 30.5 Å². The van der Waals surface area contributed by atoms with E-state index >= 15 is 0 Å². The first kappa shape index (κ1) is 23.6. The van der Waals surface area contributed by atoms with E-state index in [4.69, 9.17) is 10.5 Å². The molecule has 3 aromatic rings. The summed E-state index contributed by atoms with van der Waals surface area (Å²) in [6.45, 7) is 2.07. The fourth-order valence-electron chi connectivity index (χ4n) is 4.52. The molecule has 1 saturated carbocycles. The van der Waals surface area contributed by atoms with Gasteiger partial charge in [-0.25, -0.2) is 9.97 Å². The SMILES string of the molecule is COc1cc(C(=O)Nc2ccc(C)c(N3Cc4cnc(N)nc4C4(CC4)C3=O)c2)cc(C(F)(F)F)c1. The van der Waals surface area contributed by atoms with E-state index in [1.807, 2.05) is 6.92 Å². The van der Waals surface area contributed by atoms with Crippen LogP contribution >= 0.6 is 0 Å². The van der Waals surface area contributed by atoms with Crippen LogP contribution in [0.3, 0.4) is 0 Å². The van der Waals surface area contributed by atoms with E-state index in [1.165, 1.54) is 13.2 Å². The Kier molecular flexibility index (Phi) is 5.38. The largest absolute Gasteiger partial charge is 0.497 e. The number of carbonyl (C=O) groups is 2. The van der Waals surface area contributed by atoms with Gasteiger partial charge in [0.05, 0.1) is 30.3 Å². The summed E-state index contributed by atoms with van der Waals surface area (Å²) in [7, 11) is 1.23. The summed E-state index contributed by atoms with van der Waals surface area (Å²) in [5.41, 5.74) is 6.97. The number of rotatable bonds is 4. The minimum absolute atomic E-state index is 0.0882. The number of alkyl halides is 3. The van der Waals surface area contributed by atoms with Gasteiger partial charge in [0.2, 0.25) is 11.9 Å². The lowest BCUT2D eigenvalue weighted by Crippen LogP contribution is -2.45. The Balaban J connectivity index is 1.46. The van der Waals surface area contributed by atoms with Crippen molar-refractivity contribution in [3.8, 4) is 5.75 Å². The number of hydrogen-bond acceptors (Lipinski definition) is 6. The van der Waals surface area contributed by atoms with Crippen LogP contribution in [-0.2, 0) is 22.9 Å². The van der Waals surface area contributed by atoms with Gasteiger partial charge in [-0.05, 0) is 55.7 Å². The molecule has 1 aliphatic carbocycles. The minimum atomic E-state index is -4.64. The maximum Gasteiger partial charge on any atom is 0.416 e. The Bertz CT molecular complexity index is 1400. The molecule has 0 unspecified atom stereocenters. The average molecular weight is 497 g/mol. The Labute approximate surface area is 204 Å². The topological polar surface area (TPSA) is 110 Å². The Morgan fingerprint density at radius 2 is 1.94 bits per heavy atom. The lowest BCUT2D eigenvalue weighted by molar-refractivity contribution is -0.137. The van der Waals surface area contributed by atoms with Crippen LogP contribution in [0.25, 0.3) is 0 Å². The molecule has 1 aliphatic heterocycles. The van der Waals surface area contributed by atoms with Crippen molar-refractivity contribution in [1.82, 2.24) is 9.97 Å². The van der Waals surface area contributed by atoms with Crippen LogP contribution in [0.5, 0.6) is 5.75 Å². The first-order valence-electron chi connectivity index (χ1n) is 11.1. The summed E-state index contributed by atoms with van der Waals surface area (Å²) >= 11 is 0. The van der Waals surface area contributed by atoms with Crippen molar-refractivity contribution in [3.63, 3.8) is 0 Å². The highest BCUT2D eigenvalue weighted by Crippen LogP contribution is 2.53. The number of hydrogen-bond donors (Lipinski definition) is 2. The lowest BCUT2D eigenvalue weighted by atomic mass is 9.91. The number of ether oxygens (including phenoxy) is 1. The molecule has 0 atom stereocenters. The first-order valence-corrected chi connectivity index (χ1v) is 11.1. The van der Waals surface area contributed by atoms with Crippen molar-refractivity contribution in [2.75, 3.05) is 23.1 Å². The van der Waals surface area contributed by atoms with Gasteiger partial charge in [-0.15, -0.1) is 0 Å². The molecule has 1 fully saturated rings. The number of amides is 2. The number of aromatic nitrogens is 2. The summed E-state index contributed by atoms with van der Waals surface area (Å²) in [5.74, 6) is -0.822. The third-order valence-corrected chi connectivity index (χ3v) is 6.56. The van der Waals surface area contributed by atoms with E-state index < -0.39 is 23.1 Å². The molecule has 2 aliphatic rings. The lowest BCUT2D eigenvalue weighted by Gasteiger charge is -2.34. The zero-order valence-electron chi connectivity index (χ0n) is 19.4. The van der Waals surface area contributed by atoms with Crippen molar-refractivity contribution in [2.45, 2.75) is 37.9 Å². The third-order valence-electron chi connectivity index (χ3n) is 6.56. The predicted molar refractivity (Wildman–Crippen MR) is 126 cm³/mol. The minimum Gasteiger partial charge on any atom is -0.497 e. The van der Waals surface area contributed by atoms with Crippen molar-refractivity contribution in [2.24, 2.45) is 0 Å². The highest BCUT2D eigenvalue weighted by molar-refractivity contribution is 6.07. The number of fused-ring (bicyclic) bond motifs is 2. The second-order valence-electron chi connectivity index (χ2n) is 8.98. The Hall–Kier alpha value is -4.15. The number of aryl methyl sites for hydroxylation is 1. The van der Waals surface area contributed by atoms with Gasteiger partial charge in [0.15, 0.2) is 0 Å². The molecule has 2 amide bonds. The van der Waals surface area contributed by atoms with E-state index in [0.717, 1.165) is 23.3 Å². The van der Waals surface area contributed by atoms with Gasteiger partial charge in [0.25, 0.3) is 5.91 Å². The van der Waals surface area contributed by atoms with Gasteiger partial charge >= 0.3 is 6.18 Å².